The Bertz CT molecular complexity index is 1010. The largest absolute Gasteiger partial charge is 0.508 e. The van der Waals surface area contributed by atoms with Gasteiger partial charge in [0.25, 0.3) is 5.91 Å². The number of aromatic hydroxyl groups is 1. The molecule has 3 saturated carbocycles. The molecule has 3 fully saturated rings. The maximum absolute atomic E-state index is 13.2. The van der Waals surface area contributed by atoms with Crippen molar-refractivity contribution in [2.45, 2.75) is 95.5 Å². The summed E-state index contributed by atoms with van der Waals surface area (Å²) < 4.78 is 0.997. The van der Waals surface area contributed by atoms with Crippen molar-refractivity contribution in [1.29, 1.82) is 0 Å². The highest BCUT2D eigenvalue weighted by Crippen LogP contribution is 2.61. The number of carboxylic acid groups (broad SMARTS) is 1. The zero-order valence-corrected chi connectivity index (χ0v) is 19.0. The number of amides is 1. The fraction of sp³-hybridized carbons (Fsp3) is 0.600. The minimum atomic E-state index is -0.750. The van der Waals surface area contributed by atoms with E-state index in [1.54, 1.807) is 12.1 Å². The average Bonchev–Trinajstić information content (AvgIpc) is 3.13. The van der Waals surface area contributed by atoms with Gasteiger partial charge in [0.2, 0.25) is 0 Å². The molecule has 206 valence electrons. The number of carboxylic acids is 1. The predicted molar refractivity (Wildman–Crippen MR) is 157 cm³/mol. The van der Waals surface area contributed by atoms with E-state index in [1.807, 2.05) is 11.4 Å². The van der Waals surface area contributed by atoms with Crippen molar-refractivity contribution in [1.82, 2.24) is 5.32 Å². The molecule has 2 aromatic rings. The van der Waals surface area contributed by atoms with E-state index >= 15 is 0 Å². The van der Waals surface area contributed by atoms with Crippen molar-refractivity contribution < 1.29 is 19.8 Å². The molecule has 6 heteroatoms. The number of fused-ring (bicyclic) bond motifs is 3. The molecular formula is C30H51NO4S. The number of carbonyl (C=O) groups is 2. The molecule has 0 aliphatic heterocycles. The van der Waals surface area contributed by atoms with Crippen LogP contribution in [-0.4, -0.2) is 28.1 Å². The lowest BCUT2D eigenvalue weighted by molar-refractivity contribution is -0.137. The van der Waals surface area contributed by atoms with Gasteiger partial charge in [-0.05, 0) is 73.5 Å². The standard InChI is InChI=1S/C25H31NO4S.5CH4/c1-25(2)16-11-15(7-5-3-4-6-8-22(28)29)23(20(25)12-16)26-24(30)19-14-31-21-10-9-17(27)13-18(19)21;;;;;/h3,5,9-10,13-16,20,23,27H,4,6-8,11-12H2,1-2H3,(H,26,30)(H,28,29);5*1H4/b5-3+;;;;;/t15-,16+,20+,23-;;;;;/m1...../s1. The third kappa shape index (κ3) is 7.12. The summed E-state index contributed by atoms with van der Waals surface area (Å²) in [5.41, 5.74) is 0.882. The number of rotatable bonds is 8. The van der Waals surface area contributed by atoms with Crippen LogP contribution in [0.15, 0.2) is 35.7 Å². The zero-order chi connectivity index (χ0) is 22.2. The molecule has 1 aromatic heterocycles. The zero-order valence-electron chi connectivity index (χ0n) is 18.1. The van der Waals surface area contributed by atoms with Crippen LogP contribution in [0.1, 0.15) is 99.9 Å². The van der Waals surface area contributed by atoms with E-state index in [9.17, 15) is 14.7 Å². The number of hydrogen-bond donors (Lipinski definition) is 3. The Morgan fingerprint density at radius 1 is 1.11 bits per heavy atom. The van der Waals surface area contributed by atoms with Gasteiger partial charge in [0.05, 0.1) is 5.56 Å². The van der Waals surface area contributed by atoms with E-state index in [1.165, 1.54) is 17.8 Å². The molecule has 4 atom stereocenters. The normalized spacial score (nSPS) is 22.9. The number of unbranched alkanes of at least 4 members (excludes halogenated alkanes) is 1. The van der Waals surface area contributed by atoms with Gasteiger partial charge in [0.1, 0.15) is 5.75 Å². The van der Waals surface area contributed by atoms with Crippen molar-refractivity contribution in [2.24, 2.45) is 23.2 Å². The Morgan fingerprint density at radius 3 is 2.44 bits per heavy atom. The van der Waals surface area contributed by atoms with Gasteiger partial charge in [-0.2, -0.15) is 0 Å². The summed E-state index contributed by atoms with van der Waals surface area (Å²) in [5.74, 6) is 0.939. The Hall–Kier alpha value is -2.34. The molecule has 1 amide bonds. The van der Waals surface area contributed by atoms with Gasteiger partial charge >= 0.3 is 5.97 Å². The average molecular weight is 522 g/mol. The quantitative estimate of drug-likeness (QED) is 0.239. The SMILES string of the molecule is C.C.C.C.C.CC1(C)[C@H]2C[C@@H](C/C=C/CCCC(=O)O)[C@@H](NC(=O)c3csc4ccc(O)cc34)[C@@H]1C2. The lowest BCUT2D eigenvalue weighted by Crippen LogP contribution is -2.63. The van der Waals surface area contributed by atoms with Gasteiger partial charge in [-0.1, -0.05) is 63.1 Å². The van der Waals surface area contributed by atoms with Crippen LogP contribution in [0.3, 0.4) is 0 Å². The summed E-state index contributed by atoms with van der Waals surface area (Å²) in [4.78, 5) is 23.9. The first-order chi connectivity index (χ1) is 14.8. The fourth-order valence-electron chi connectivity index (χ4n) is 5.55. The third-order valence-corrected chi connectivity index (χ3v) is 8.50. The predicted octanol–water partition coefficient (Wildman–Crippen LogP) is 8.77. The van der Waals surface area contributed by atoms with Crippen molar-refractivity contribution in [3.05, 3.63) is 41.3 Å². The number of allylic oxidation sites excluding steroid dienone is 2. The molecule has 5 nitrogen and oxygen atoms in total. The molecule has 3 N–H and O–H groups in total. The molecule has 1 aromatic carbocycles. The summed E-state index contributed by atoms with van der Waals surface area (Å²) >= 11 is 1.52. The number of thiophene rings is 1. The van der Waals surface area contributed by atoms with E-state index in [4.69, 9.17) is 5.11 Å². The third-order valence-electron chi connectivity index (χ3n) is 7.54. The monoisotopic (exact) mass is 521 g/mol. The van der Waals surface area contributed by atoms with Crippen molar-refractivity contribution in [2.75, 3.05) is 0 Å². The second kappa shape index (κ2) is 14.4. The summed E-state index contributed by atoms with van der Waals surface area (Å²) in [6.45, 7) is 4.64. The minimum Gasteiger partial charge on any atom is -0.508 e. The Morgan fingerprint density at radius 2 is 1.81 bits per heavy atom. The lowest BCUT2D eigenvalue weighted by Gasteiger charge is -2.62. The highest BCUT2D eigenvalue weighted by atomic mass is 32.1. The van der Waals surface area contributed by atoms with E-state index in [2.05, 4.69) is 31.3 Å². The van der Waals surface area contributed by atoms with Gasteiger partial charge in [-0.3, -0.25) is 9.59 Å². The molecular weight excluding hydrogens is 470 g/mol. The number of phenolic OH excluding ortho intramolecular Hbond substituents is 1. The smallest absolute Gasteiger partial charge is 0.303 e. The summed E-state index contributed by atoms with van der Waals surface area (Å²) in [6.07, 6.45) is 9.08. The molecule has 0 spiro atoms. The van der Waals surface area contributed by atoms with Crippen LogP contribution >= 0.6 is 11.3 Å². The maximum Gasteiger partial charge on any atom is 0.303 e. The minimum absolute atomic E-state index is 0. The second-order valence-corrected chi connectivity index (χ2v) is 10.6. The first-order valence-electron chi connectivity index (χ1n) is 11.1. The number of benzene rings is 1. The summed E-state index contributed by atoms with van der Waals surface area (Å²) in [7, 11) is 0. The molecule has 0 unspecified atom stereocenters. The molecule has 3 aliphatic rings. The van der Waals surface area contributed by atoms with Crippen LogP contribution in [-0.2, 0) is 4.79 Å². The topological polar surface area (TPSA) is 86.6 Å². The van der Waals surface area contributed by atoms with Crippen LogP contribution in [0.2, 0.25) is 0 Å². The van der Waals surface area contributed by atoms with Crippen LogP contribution in [0, 0.1) is 23.2 Å². The number of nitrogens with one attached hydrogen (secondary N) is 1. The first-order valence-corrected chi connectivity index (χ1v) is 12.0. The Labute approximate surface area is 224 Å². The van der Waals surface area contributed by atoms with E-state index in [0.29, 0.717) is 29.7 Å². The van der Waals surface area contributed by atoms with Gasteiger partial charge in [0, 0.05) is 27.9 Å². The fourth-order valence-corrected chi connectivity index (χ4v) is 6.47. The molecule has 5 rings (SSSR count). The van der Waals surface area contributed by atoms with Crippen LogP contribution in [0.25, 0.3) is 10.1 Å². The highest BCUT2D eigenvalue weighted by molar-refractivity contribution is 7.17. The lowest BCUT2D eigenvalue weighted by atomic mass is 9.44. The van der Waals surface area contributed by atoms with E-state index in [0.717, 1.165) is 29.3 Å². The molecule has 0 radical (unpaired) electrons. The van der Waals surface area contributed by atoms with Crippen molar-refractivity contribution in [3.63, 3.8) is 0 Å². The molecule has 0 saturated heterocycles. The number of carbonyl (C=O) groups excluding carboxylic acids is 1. The van der Waals surface area contributed by atoms with Crippen LogP contribution in [0.5, 0.6) is 5.75 Å². The highest BCUT2D eigenvalue weighted by Gasteiger charge is 2.57. The van der Waals surface area contributed by atoms with E-state index in [-0.39, 0.29) is 66.7 Å². The number of hydrogen-bond acceptors (Lipinski definition) is 4. The Kier molecular flexibility index (Phi) is 14.3. The van der Waals surface area contributed by atoms with Gasteiger partial charge in [-0.15, -0.1) is 11.3 Å². The first kappa shape index (κ1) is 35.8. The number of aliphatic carboxylic acids is 1. The molecule has 2 bridgehead atoms. The summed E-state index contributed by atoms with van der Waals surface area (Å²) in [6, 6.07) is 5.30. The van der Waals surface area contributed by atoms with Crippen molar-refractivity contribution >= 4 is 33.3 Å². The second-order valence-electron chi connectivity index (χ2n) is 9.68. The maximum atomic E-state index is 13.2. The van der Waals surface area contributed by atoms with Gasteiger partial charge in [0.15, 0.2) is 0 Å². The molecule has 3 aliphatic carbocycles. The van der Waals surface area contributed by atoms with Crippen LogP contribution < -0.4 is 5.32 Å². The number of phenols is 1. The Balaban J connectivity index is 0. The van der Waals surface area contributed by atoms with Crippen LogP contribution in [0.4, 0.5) is 0 Å². The summed E-state index contributed by atoms with van der Waals surface area (Å²) in [5, 5.41) is 24.7. The van der Waals surface area contributed by atoms with Gasteiger partial charge in [-0.25, -0.2) is 0 Å². The van der Waals surface area contributed by atoms with E-state index < -0.39 is 5.97 Å². The van der Waals surface area contributed by atoms with Gasteiger partial charge < -0.3 is 15.5 Å². The molecule has 36 heavy (non-hydrogen) atoms. The van der Waals surface area contributed by atoms with Crippen molar-refractivity contribution in [3.8, 4) is 5.75 Å². The molecule has 1 heterocycles.